The maximum atomic E-state index is 13.3. The SMILES string of the molecule is CN(C)C(=O)c1cccc(Cn2nc3ccccc3c2C(=O)Nc2ccc3c(c2)OC(F)(F)O3)c1. The van der Waals surface area contributed by atoms with Gasteiger partial charge in [0.1, 0.15) is 5.69 Å². The number of hydrogen-bond donors (Lipinski definition) is 1. The lowest BCUT2D eigenvalue weighted by Gasteiger charge is -2.12. The molecule has 0 atom stereocenters. The molecule has 3 aromatic carbocycles. The molecular formula is C25H20F2N4O4. The number of amides is 2. The van der Waals surface area contributed by atoms with Gasteiger partial charge in [0.2, 0.25) is 0 Å². The van der Waals surface area contributed by atoms with E-state index in [1.807, 2.05) is 12.1 Å². The Bertz CT molecular complexity index is 1470. The Hall–Kier alpha value is -4.47. The topological polar surface area (TPSA) is 85.7 Å². The van der Waals surface area contributed by atoms with Crippen LogP contribution in [-0.4, -0.2) is 46.9 Å². The van der Waals surface area contributed by atoms with Crippen molar-refractivity contribution in [3.05, 3.63) is 83.6 Å². The van der Waals surface area contributed by atoms with Crippen molar-refractivity contribution >= 4 is 28.4 Å². The maximum Gasteiger partial charge on any atom is 0.586 e. The van der Waals surface area contributed by atoms with E-state index in [4.69, 9.17) is 0 Å². The summed E-state index contributed by atoms with van der Waals surface area (Å²) in [5.74, 6) is -0.905. The van der Waals surface area contributed by atoms with Crippen LogP contribution in [0.5, 0.6) is 11.5 Å². The third kappa shape index (κ3) is 4.37. The molecule has 0 saturated carbocycles. The second-order valence-corrected chi connectivity index (χ2v) is 8.21. The largest absolute Gasteiger partial charge is 0.586 e. The number of anilines is 1. The Kier molecular flexibility index (Phi) is 5.35. The molecule has 1 aromatic heterocycles. The molecule has 178 valence electrons. The zero-order valence-corrected chi connectivity index (χ0v) is 18.8. The van der Waals surface area contributed by atoms with Crippen LogP contribution in [0.4, 0.5) is 14.5 Å². The van der Waals surface area contributed by atoms with Gasteiger partial charge < -0.3 is 19.7 Å². The fourth-order valence-corrected chi connectivity index (χ4v) is 3.89. The van der Waals surface area contributed by atoms with Crippen LogP contribution in [0.25, 0.3) is 10.9 Å². The molecule has 0 unspecified atom stereocenters. The fraction of sp³-hybridized carbons (Fsp3) is 0.160. The molecule has 0 radical (unpaired) electrons. The number of benzene rings is 3. The molecule has 0 spiro atoms. The summed E-state index contributed by atoms with van der Waals surface area (Å²) in [6.45, 7) is 0.235. The summed E-state index contributed by atoms with van der Waals surface area (Å²) < 4.78 is 37.1. The Morgan fingerprint density at radius 1 is 1.00 bits per heavy atom. The van der Waals surface area contributed by atoms with Crippen molar-refractivity contribution < 1.29 is 27.8 Å². The Labute approximate surface area is 198 Å². The monoisotopic (exact) mass is 478 g/mol. The van der Waals surface area contributed by atoms with Crippen LogP contribution >= 0.6 is 0 Å². The predicted molar refractivity (Wildman–Crippen MR) is 124 cm³/mol. The number of fused-ring (bicyclic) bond motifs is 2. The van der Waals surface area contributed by atoms with Crippen LogP contribution in [-0.2, 0) is 6.54 Å². The van der Waals surface area contributed by atoms with Gasteiger partial charge in [0.05, 0.1) is 12.1 Å². The van der Waals surface area contributed by atoms with Crippen LogP contribution in [0.1, 0.15) is 26.4 Å². The molecule has 2 amide bonds. The summed E-state index contributed by atoms with van der Waals surface area (Å²) >= 11 is 0. The first kappa shape index (κ1) is 22.3. The molecule has 5 rings (SSSR count). The number of alkyl halides is 2. The lowest BCUT2D eigenvalue weighted by molar-refractivity contribution is -0.286. The van der Waals surface area contributed by atoms with Gasteiger partial charge in [0.15, 0.2) is 11.5 Å². The van der Waals surface area contributed by atoms with E-state index in [1.54, 1.807) is 55.2 Å². The van der Waals surface area contributed by atoms with E-state index >= 15 is 0 Å². The summed E-state index contributed by atoms with van der Waals surface area (Å²) in [6, 6.07) is 18.3. The molecule has 2 heterocycles. The summed E-state index contributed by atoms with van der Waals surface area (Å²) in [5.41, 5.74) is 2.46. The Morgan fingerprint density at radius 3 is 2.57 bits per heavy atom. The highest BCUT2D eigenvalue weighted by Crippen LogP contribution is 2.42. The van der Waals surface area contributed by atoms with E-state index < -0.39 is 12.2 Å². The van der Waals surface area contributed by atoms with Gasteiger partial charge in [0, 0.05) is 36.8 Å². The molecular weight excluding hydrogens is 458 g/mol. The normalized spacial score (nSPS) is 13.6. The summed E-state index contributed by atoms with van der Waals surface area (Å²) in [6.07, 6.45) is -3.75. The number of nitrogens with zero attached hydrogens (tertiary/aromatic N) is 3. The molecule has 0 bridgehead atoms. The van der Waals surface area contributed by atoms with Crippen molar-refractivity contribution in [2.24, 2.45) is 0 Å². The highest BCUT2D eigenvalue weighted by Gasteiger charge is 2.43. The van der Waals surface area contributed by atoms with Gasteiger partial charge in [0.25, 0.3) is 11.8 Å². The number of carbonyl (C=O) groups excluding carboxylic acids is 2. The second-order valence-electron chi connectivity index (χ2n) is 8.21. The first-order valence-electron chi connectivity index (χ1n) is 10.7. The van der Waals surface area contributed by atoms with Gasteiger partial charge in [-0.15, -0.1) is 8.78 Å². The third-order valence-electron chi connectivity index (χ3n) is 5.43. The second kappa shape index (κ2) is 8.39. The fourth-order valence-electron chi connectivity index (χ4n) is 3.89. The lowest BCUT2D eigenvalue weighted by Crippen LogP contribution is -2.25. The molecule has 4 aromatic rings. The van der Waals surface area contributed by atoms with Gasteiger partial charge in [-0.3, -0.25) is 14.3 Å². The molecule has 10 heteroatoms. The van der Waals surface area contributed by atoms with Gasteiger partial charge in [-0.2, -0.15) is 5.10 Å². The molecule has 1 N–H and O–H groups in total. The zero-order chi connectivity index (χ0) is 24.7. The number of rotatable bonds is 5. The summed E-state index contributed by atoms with van der Waals surface area (Å²) in [4.78, 5) is 27.2. The first-order valence-corrected chi connectivity index (χ1v) is 10.7. The lowest BCUT2D eigenvalue weighted by atomic mass is 10.1. The number of nitrogens with one attached hydrogen (secondary N) is 1. The van der Waals surface area contributed by atoms with Crippen molar-refractivity contribution in [3.8, 4) is 11.5 Å². The average molecular weight is 478 g/mol. The predicted octanol–water partition coefficient (Wildman–Crippen LogP) is 4.36. The van der Waals surface area contributed by atoms with Crippen molar-refractivity contribution in [2.45, 2.75) is 12.8 Å². The third-order valence-corrected chi connectivity index (χ3v) is 5.43. The molecule has 8 nitrogen and oxygen atoms in total. The first-order chi connectivity index (χ1) is 16.7. The number of aromatic nitrogens is 2. The number of halogens is 2. The minimum atomic E-state index is -3.75. The van der Waals surface area contributed by atoms with Crippen LogP contribution < -0.4 is 14.8 Å². The van der Waals surface area contributed by atoms with E-state index in [2.05, 4.69) is 19.9 Å². The van der Waals surface area contributed by atoms with Gasteiger partial charge in [-0.1, -0.05) is 30.3 Å². The van der Waals surface area contributed by atoms with Crippen LogP contribution in [0, 0.1) is 0 Å². The van der Waals surface area contributed by atoms with E-state index in [0.29, 0.717) is 16.5 Å². The average Bonchev–Trinajstić information content (AvgIpc) is 3.33. The Morgan fingerprint density at radius 2 is 1.77 bits per heavy atom. The smallest absolute Gasteiger partial charge is 0.395 e. The van der Waals surface area contributed by atoms with Gasteiger partial charge >= 0.3 is 6.29 Å². The van der Waals surface area contributed by atoms with Crippen LogP contribution in [0.3, 0.4) is 0 Å². The van der Waals surface area contributed by atoms with E-state index in [-0.39, 0.29) is 35.3 Å². The minimum absolute atomic E-state index is 0.115. The highest BCUT2D eigenvalue weighted by atomic mass is 19.3. The zero-order valence-electron chi connectivity index (χ0n) is 18.8. The van der Waals surface area contributed by atoms with Crippen molar-refractivity contribution in [1.29, 1.82) is 0 Å². The standard InChI is InChI=1S/C25H20F2N4O4/c1-30(2)24(33)16-7-5-6-15(12-16)14-31-22(18-8-3-4-9-19(18)29-31)23(32)28-17-10-11-20-21(13-17)35-25(26,27)34-20/h3-13H,14H2,1-2H3,(H,28,32). The van der Waals surface area contributed by atoms with Gasteiger partial charge in [-0.25, -0.2) is 0 Å². The Balaban J connectivity index is 1.47. The van der Waals surface area contributed by atoms with Gasteiger partial charge in [-0.05, 0) is 35.9 Å². The van der Waals surface area contributed by atoms with E-state index in [0.717, 1.165) is 5.56 Å². The number of ether oxygens (including phenoxy) is 2. The molecule has 1 aliphatic rings. The van der Waals surface area contributed by atoms with E-state index in [9.17, 15) is 18.4 Å². The summed E-state index contributed by atoms with van der Waals surface area (Å²) in [5, 5.41) is 7.92. The maximum absolute atomic E-state index is 13.3. The van der Waals surface area contributed by atoms with E-state index in [1.165, 1.54) is 23.1 Å². The van der Waals surface area contributed by atoms with Crippen molar-refractivity contribution in [2.75, 3.05) is 19.4 Å². The van der Waals surface area contributed by atoms with Crippen molar-refractivity contribution in [1.82, 2.24) is 14.7 Å². The molecule has 35 heavy (non-hydrogen) atoms. The minimum Gasteiger partial charge on any atom is -0.395 e. The highest BCUT2D eigenvalue weighted by molar-refractivity contribution is 6.11. The summed E-state index contributed by atoms with van der Waals surface area (Å²) in [7, 11) is 3.35. The molecule has 0 saturated heterocycles. The molecule has 1 aliphatic heterocycles. The van der Waals surface area contributed by atoms with Crippen LogP contribution in [0.2, 0.25) is 0 Å². The van der Waals surface area contributed by atoms with Crippen LogP contribution in [0.15, 0.2) is 66.7 Å². The van der Waals surface area contributed by atoms with Crippen molar-refractivity contribution in [3.63, 3.8) is 0 Å². The molecule has 0 fully saturated rings. The number of carbonyl (C=O) groups is 2. The number of hydrogen-bond acceptors (Lipinski definition) is 5. The quantitative estimate of drug-likeness (QED) is 0.461. The molecule has 0 aliphatic carbocycles.